The highest BCUT2D eigenvalue weighted by Gasteiger charge is 2.36. The molecule has 1 saturated carbocycles. The van der Waals surface area contributed by atoms with Crippen molar-refractivity contribution in [2.75, 3.05) is 18.0 Å². The number of aryl methyl sites for hydroxylation is 1. The summed E-state index contributed by atoms with van der Waals surface area (Å²) in [7, 11) is 0. The standard InChI is InChI=1S/C16H22N6O/c1-12-8-16(18-10-17-12)22(13-2-3-13)14-4-6-21(7-5-14)9-15-19-11-23-20-15/h8,10-11,13-14H,2-7,9H2,1H3. The lowest BCUT2D eigenvalue weighted by Gasteiger charge is -2.39. The number of hydrogen-bond acceptors (Lipinski definition) is 7. The maximum absolute atomic E-state index is 4.81. The van der Waals surface area contributed by atoms with E-state index >= 15 is 0 Å². The van der Waals surface area contributed by atoms with Crippen molar-refractivity contribution in [3.05, 3.63) is 30.3 Å². The Hall–Kier alpha value is -2.02. The third-order valence-corrected chi connectivity index (χ3v) is 4.72. The van der Waals surface area contributed by atoms with Gasteiger partial charge in [0, 0.05) is 36.9 Å². The predicted octanol–water partition coefficient (Wildman–Crippen LogP) is 1.80. The second-order valence-electron chi connectivity index (χ2n) is 6.51. The van der Waals surface area contributed by atoms with Crippen LogP contribution in [0.2, 0.25) is 0 Å². The smallest absolute Gasteiger partial charge is 0.213 e. The van der Waals surface area contributed by atoms with E-state index in [1.165, 1.54) is 19.2 Å². The van der Waals surface area contributed by atoms with E-state index in [2.05, 4.69) is 36.0 Å². The number of anilines is 1. The quantitative estimate of drug-likeness (QED) is 0.833. The Morgan fingerprint density at radius 3 is 2.57 bits per heavy atom. The lowest BCUT2D eigenvalue weighted by Crippen LogP contribution is -2.46. The molecular weight excluding hydrogens is 292 g/mol. The molecule has 7 nitrogen and oxygen atoms in total. The largest absolute Gasteiger partial charge is 0.350 e. The molecule has 0 N–H and O–H groups in total. The minimum Gasteiger partial charge on any atom is -0.350 e. The third kappa shape index (κ3) is 3.34. The molecule has 23 heavy (non-hydrogen) atoms. The molecule has 0 radical (unpaired) electrons. The normalized spacial score (nSPS) is 19.9. The van der Waals surface area contributed by atoms with Crippen LogP contribution in [-0.2, 0) is 6.54 Å². The summed E-state index contributed by atoms with van der Waals surface area (Å²) in [5.41, 5.74) is 1.04. The molecule has 3 heterocycles. The number of hydrogen-bond donors (Lipinski definition) is 0. The molecule has 2 aromatic rings. The highest BCUT2D eigenvalue weighted by atomic mass is 16.5. The molecule has 0 spiro atoms. The van der Waals surface area contributed by atoms with E-state index in [9.17, 15) is 0 Å². The van der Waals surface area contributed by atoms with Crippen molar-refractivity contribution in [3.8, 4) is 0 Å². The molecule has 2 aromatic heterocycles. The minimum absolute atomic E-state index is 0.568. The molecule has 1 saturated heterocycles. The van der Waals surface area contributed by atoms with Crippen LogP contribution < -0.4 is 4.90 Å². The topological polar surface area (TPSA) is 71.2 Å². The maximum atomic E-state index is 4.81. The van der Waals surface area contributed by atoms with Crippen molar-refractivity contribution in [2.24, 2.45) is 0 Å². The molecule has 0 atom stereocenters. The Morgan fingerprint density at radius 1 is 1.13 bits per heavy atom. The Labute approximate surface area is 135 Å². The molecule has 7 heteroatoms. The highest BCUT2D eigenvalue weighted by molar-refractivity contribution is 5.43. The van der Waals surface area contributed by atoms with E-state index in [1.807, 2.05) is 6.92 Å². The van der Waals surface area contributed by atoms with Gasteiger partial charge in [-0.05, 0) is 32.6 Å². The van der Waals surface area contributed by atoms with Gasteiger partial charge in [-0.25, -0.2) is 9.97 Å². The molecule has 0 amide bonds. The van der Waals surface area contributed by atoms with Crippen LogP contribution in [0.1, 0.15) is 37.2 Å². The van der Waals surface area contributed by atoms with Crippen LogP contribution in [0.3, 0.4) is 0 Å². The molecule has 1 aliphatic heterocycles. The maximum Gasteiger partial charge on any atom is 0.213 e. The summed E-state index contributed by atoms with van der Waals surface area (Å²) >= 11 is 0. The van der Waals surface area contributed by atoms with Gasteiger partial charge in [0.2, 0.25) is 6.39 Å². The van der Waals surface area contributed by atoms with Crippen molar-refractivity contribution < 1.29 is 4.52 Å². The van der Waals surface area contributed by atoms with Crippen LogP contribution in [0.25, 0.3) is 0 Å². The first-order chi connectivity index (χ1) is 11.3. The van der Waals surface area contributed by atoms with Gasteiger partial charge in [-0.15, -0.1) is 0 Å². The second kappa shape index (κ2) is 6.23. The Kier molecular flexibility index (Phi) is 3.95. The van der Waals surface area contributed by atoms with E-state index in [0.29, 0.717) is 12.1 Å². The second-order valence-corrected chi connectivity index (χ2v) is 6.51. The van der Waals surface area contributed by atoms with Gasteiger partial charge in [0.25, 0.3) is 0 Å². The fourth-order valence-corrected chi connectivity index (χ4v) is 3.42. The molecule has 4 rings (SSSR count). The van der Waals surface area contributed by atoms with Crippen molar-refractivity contribution in [3.63, 3.8) is 0 Å². The van der Waals surface area contributed by atoms with E-state index < -0.39 is 0 Å². The van der Waals surface area contributed by atoms with Crippen molar-refractivity contribution in [1.29, 1.82) is 0 Å². The van der Waals surface area contributed by atoms with Crippen LogP contribution in [-0.4, -0.2) is 50.2 Å². The number of aromatic nitrogens is 4. The molecular formula is C16H22N6O. The number of piperidine rings is 1. The van der Waals surface area contributed by atoms with E-state index in [4.69, 9.17) is 4.52 Å². The molecule has 1 aliphatic carbocycles. The molecule has 2 aliphatic rings. The number of rotatable bonds is 5. The lowest BCUT2D eigenvalue weighted by molar-refractivity contribution is 0.194. The monoisotopic (exact) mass is 314 g/mol. The van der Waals surface area contributed by atoms with Gasteiger partial charge in [0.15, 0.2) is 5.82 Å². The predicted molar refractivity (Wildman–Crippen MR) is 84.9 cm³/mol. The average Bonchev–Trinajstić information content (AvgIpc) is 3.25. The Balaban J connectivity index is 1.41. The van der Waals surface area contributed by atoms with Gasteiger partial charge in [-0.3, -0.25) is 4.90 Å². The van der Waals surface area contributed by atoms with Gasteiger partial charge in [-0.1, -0.05) is 5.16 Å². The summed E-state index contributed by atoms with van der Waals surface area (Å²) in [6.45, 7) is 4.93. The van der Waals surface area contributed by atoms with Crippen molar-refractivity contribution >= 4 is 5.82 Å². The summed E-state index contributed by atoms with van der Waals surface area (Å²) in [5.74, 6) is 1.87. The molecule has 0 aromatic carbocycles. The summed E-state index contributed by atoms with van der Waals surface area (Å²) in [6.07, 6.45) is 7.95. The van der Waals surface area contributed by atoms with E-state index in [1.54, 1.807) is 6.33 Å². The molecule has 0 bridgehead atoms. The SMILES string of the molecule is Cc1cc(N(C2CC2)C2CCN(Cc3ncon3)CC2)ncn1. The zero-order valence-electron chi connectivity index (χ0n) is 13.4. The first-order valence-electron chi connectivity index (χ1n) is 8.34. The zero-order valence-corrected chi connectivity index (χ0v) is 13.4. The minimum atomic E-state index is 0.568. The lowest BCUT2D eigenvalue weighted by atomic mass is 10.0. The molecule has 122 valence electrons. The molecule has 2 fully saturated rings. The number of likely N-dealkylation sites (tertiary alicyclic amines) is 1. The summed E-state index contributed by atoms with van der Waals surface area (Å²) in [6, 6.07) is 3.35. The first kappa shape index (κ1) is 14.6. The van der Waals surface area contributed by atoms with Crippen LogP contribution in [0.5, 0.6) is 0 Å². The van der Waals surface area contributed by atoms with Crippen molar-refractivity contribution in [1.82, 2.24) is 25.0 Å². The highest BCUT2D eigenvalue weighted by Crippen LogP contribution is 2.35. The van der Waals surface area contributed by atoms with Gasteiger partial charge in [0.1, 0.15) is 12.1 Å². The average molecular weight is 314 g/mol. The van der Waals surface area contributed by atoms with Crippen LogP contribution >= 0.6 is 0 Å². The summed E-state index contributed by atoms with van der Waals surface area (Å²) in [4.78, 5) is 17.8. The molecule has 0 unspecified atom stereocenters. The first-order valence-corrected chi connectivity index (χ1v) is 8.34. The summed E-state index contributed by atoms with van der Waals surface area (Å²) < 4.78 is 4.81. The number of nitrogens with zero attached hydrogens (tertiary/aromatic N) is 6. The van der Waals surface area contributed by atoms with Gasteiger partial charge < -0.3 is 9.42 Å². The van der Waals surface area contributed by atoms with Crippen LogP contribution in [0.15, 0.2) is 23.3 Å². The van der Waals surface area contributed by atoms with E-state index in [0.717, 1.165) is 49.8 Å². The van der Waals surface area contributed by atoms with E-state index in [-0.39, 0.29) is 0 Å². The van der Waals surface area contributed by atoms with Crippen LogP contribution in [0, 0.1) is 6.92 Å². The van der Waals surface area contributed by atoms with Crippen molar-refractivity contribution in [2.45, 2.75) is 51.2 Å². The van der Waals surface area contributed by atoms with Gasteiger partial charge in [0.05, 0.1) is 6.54 Å². The Morgan fingerprint density at radius 2 is 1.91 bits per heavy atom. The van der Waals surface area contributed by atoms with Crippen LogP contribution in [0.4, 0.5) is 5.82 Å². The van der Waals surface area contributed by atoms with Gasteiger partial charge in [-0.2, -0.15) is 4.98 Å². The third-order valence-electron chi connectivity index (χ3n) is 4.72. The Bertz CT molecular complexity index is 634. The zero-order chi connectivity index (χ0) is 15.6. The fraction of sp³-hybridized carbons (Fsp3) is 0.625. The van der Waals surface area contributed by atoms with Gasteiger partial charge >= 0.3 is 0 Å². The fourth-order valence-electron chi connectivity index (χ4n) is 3.42. The summed E-state index contributed by atoms with van der Waals surface area (Å²) in [5, 5.41) is 3.90.